The molecule has 0 fully saturated rings. The number of nitrogens with one attached hydrogen (secondary N) is 1. The van der Waals surface area contributed by atoms with Gasteiger partial charge in [-0.05, 0) is 25.9 Å². The highest BCUT2D eigenvalue weighted by Gasteiger charge is 2.18. The number of unbranched alkanes of at least 4 members (excludes halogenated alkanes) is 10. The van der Waals surface area contributed by atoms with Gasteiger partial charge in [-0.3, -0.25) is 9.69 Å². The van der Waals surface area contributed by atoms with Gasteiger partial charge in [0.15, 0.2) is 0 Å². The minimum atomic E-state index is -1.83. The van der Waals surface area contributed by atoms with Crippen molar-refractivity contribution in [2.75, 3.05) is 19.6 Å². The van der Waals surface area contributed by atoms with E-state index in [4.69, 9.17) is 5.11 Å². The summed E-state index contributed by atoms with van der Waals surface area (Å²) in [7, 11) is 0. The van der Waals surface area contributed by atoms with Crippen molar-refractivity contribution in [3.05, 3.63) is 0 Å². The first-order valence-electron chi connectivity index (χ1n) is 10.4. The lowest BCUT2D eigenvalue weighted by molar-refractivity contribution is -0.151. The number of rotatable bonds is 18. The summed E-state index contributed by atoms with van der Waals surface area (Å²) in [4.78, 5) is 24.7. The summed E-state index contributed by atoms with van der Waals surface area (Å²) >= 11 is 0. The molecule has 0 saturated heterocycles. The van der Waals surface area contributed by atoms with Gasteiger partial charge in [-0.15, -0.1) is 0 Å². The highest BCUT2D eigenvalue weighted by Crippen LogP contribution is 2.09. The second-order valence-corrected chi connectivity index (χ2v) is 7.12. The zero-order chi connectivity index (χ0) is 19.6. The predicted octanol–water partition coefficient (Wildman–Crippen LogP) is 3.53. The third-order valence-electron chi connectivity index (χ3n) is 4.55. The van der Waals surface area contributed by atoms with Crippen molar-refractivity contribution >= 4 is 11.9 Å². The van der Waals surface area contributed by atoms with Gasteiger partial charge in [-0.25, -0.2) is 4.79 Å². The molecule has 0 aromatic carbocycles. The number of hydrogen-bond acceptors (Lipinski definition) is 4. The second kappa shape index (κ2) is 17.3. The van der Waals surface area contributed by atoms with Crippen LogP contribution in [0.3, 0.4) is 0 Å². The van der Waals surface area contributed by atoms with Gasteiger partial charge in [-0.2, -0.15) is 0 Å². The molecule has 154 valence electrons. The maximum Gasteiger partial charge on any atom is 0.353 e. The smallest absolute Gasteiger partial charge is 0.353 e. The number of carbonyl (C=O) groups is 2. The average molecular weight is 373 g/mol. The summed E-state index contributed by atoms with van der Waals surface area (Å²) in [5.41, 5.74) is 0. The summed E-state index contributed by atoms with van der Waals surface area (Å²) in [6.07, 6.45) is 12.6. The maximum absolute atomic E-state index is 11.9. The lowest BCUT2D eigenvalue weighted by Gasteiger charge is -2.22. The number of aliphatic hydroxyl groups excluding tert-OH is 1. The Kier molecular flexibility index (Phi) is 16.5. The summed E-state index contributed by atoms with van der Waals surface area (Å²) in [6.45, 7) is 6.24. The van der Waals surface area contributed by atoms with E-state index < -0.39 is 18.1 Å². The monoisotopic (exact) mass is 372 g/mol. The normalized spacial score (nSPS) is 12.3. The van der Waals surface area contributed by atoms with Gasteiger partial charge in [0, 0.05) is 0 Å². The highest BCUT2D eigenvalue weighted by atomic mass is 16.4. The Bertz CT molecular complexity index is 348. The zero-order valence-electron chi connectivity index (χ0n) is 16.8. The molecule has 6 nitrogen and oxygen atoms in total. The van der Waals surface area contributed by atoms with Crippen molar-refractivity contribution in [2.45, 2.75) is 97.1 Å². The Morgan fingerprint density at radius 1 is 0.808 bits per heavy atom. The summed E-state index contributed by atoms with van der Waals surface area (Å²) in [5, 5.41) is 20.0. The second-order valence-electron chi connectivity index (χ2n) is 7.12. The standard InChI is InChI=1S/C20H40N2O4/c1-3-5-7-9-11-13-15-22(16-14-12-10-8-6-4-2)17-18(23)21-19(24)20(25)26/h19,24H,3-17H2,1-2H3,(H,21,23)(H,25,26). The first-order chi connectivity index (χ1) is 12.5. The Morgan fingerprint density at radius 3 is 1.65 bits per heavy atom. The molecule has 1 unspecified atom stereocenters. The molecule has 6 heteroatoms. The molecular formula is C20H40N2O4. The Labute approximate surface area is 159 Å². The highest BCUT2D eigenvalue weighted by molar-refractivity contribution is 5.83. The van der Waals surface area contributed by atoms with Crippen LogP contribution in [0.1, 0.15) is 90.9 Å². The number of nitrogens with zero attached hydrogens (tertiary/aromatic N) is 1. The molecule has 0 aliphatic carbocycles. The van der Waals surface area contributed by atoms with Crippen molar-refractivity contribution in [3.8, 4) is 0 Å². The molecule has 1 amide bonds. The molecule has 0 aliphatic heterocycles. The van der Waals surface area contributed by atoms with Crippen LogP contribution in [0.15, 0.2) is 0 Å². The lowest BCUT2D eigenvalue weighted by Crippen LogP contribution is -2.45. The molecule has 0 aliphatic rings. The van der Waals surface area contributed by atoms with E-state index in [2.05, 4.69) is 24.1 Å². The third kappa shape index (κ3) is 15.1. The number of amides is 1. The van der Waals surface area contributed by atoms with Gasteiger partial charge >= 0.3 is 5.97 Å². The fraction of sp³-hybridized carbons (Fsp3) is 0.900. The van der Waals surface area contributed by atoms with Crippen LogP contribution >= 0.6 is 0 Å². The van der Waals surface area contributed by atoms with Gasteiger partial charge in [0.25, 0.3) is 0 Å². The summed E-state index contributed by atoms with van der Waals surface area (Å²) in [6, 6.07) is 0. The van der Waals surface area contributed by atoms with E-state index in [1.165, 1.54) is 51.4 Å². The number of aliphatic hydroxyl groups is 1. The van der Waals surface area contributed by atoms with Crippen LogP contribution in [-0.2, 0) is 9.59 Å². The molecular weight excluding hydrogens is 332 g/mol. The number of carboxylic acid groups (broad SMARTS) is 1. The fourth-order valence-corrected chi connectivity index (χ4v) is 2.96. The molecule has 0 aromatic heterocycles. The molecule has 0 bridgehead atoms. The van der Waals surface area contributed by atoms with Crippen LogP contribution in [-0.4, -0.2) is 52.9 Å². The van der Waals surface area contributed by atoms with Gasteiger partial charge < -0.3 is 15.5 Å². The fourth-order valence-electron chi connectivity index (χ4n) is 2.96. The first kappa shape index (κ1) is 24.9. The van der Waals surface area contributed by atoms with Crippen LogP contribution in [0, 0.1) is 0 Å². The van der Waals surface area contributed by atoms with Crippen LogP contribution < -0.4 is 5.32 Å². The van der Waals surface area contributed by atoms with Crippen LogP contribution in [0.5, 0.6) is 0 Å². The van der Waals surface area contributed by atoms with E-state index in [-0.39, 0.29) is 6.54 Å². The van der Waals surface area contributed by atoms with E-state index in [1.807, 2.05) is 0 Å². The Hall–Kier alpha value is -1.14. The Morgan fingerprint density at radius 2 is 1.23 bits per heavy atom. The topological polar surface area (TPSA) is 89.9 Å². The molecule has 0 rings (SSSR count). The Balaban J connectivity index is 4.16. The number of carbonyl (C=O) groups excluding carboxylic acids is 1. The molecule has 0 saturated carbocycles. The van der Waals surface area contributed by atoms with Crippen molar-refractivity contribution in [1.82, 2.24) is 10.2 Å². The number of hydrogen-bond donors (Lipinski definition) is 3. The van der Waals surface area contributed by atoms with Gasteiger partial charge in [0.1, 0.15) is 0 Å². The molecule has 0 heterocycles. The van der Waals surface area contributed by atoms with Crippen LogP contribution in [0.4, 0.5) is 0 Å². The molecule has 0 aromatic rings. The number of carboxylic acids is 1. The molecule has 0 radical (unpaired) electrons. The first-order valence-corrected chi connectivity index (χ1v) is 10.4. The quantitative estimate of drug-likeness (QED) is 0.253. The van der Waals surface area contributed by atoms with Gasteiger partial charge in [0.2, 0.25) is 12.1 Å². The maximum atomic E-state index is 11.9. The lowest BCUT2D eigenvalue weighted by atomic mass is 10.1. The van der Waals surface area contributed by atoms with E-state index in [0.717, 1.165) is 38.8 Å². The number of aliphatic carboxylic acids is 1. The van der Waals surface area contributed by atoms with E-state index in [9.17, 15) is 14.7 Å². The third-order valence-corrected chi connectivity index (χ3v) is 4.55. The van der Waals surface area contributed by atoms with Crippen LogP contribution in [0.2, 0.25) is 0 Å². The van der Waals surface area contributed by atoms with Crippen molar-refractivity contribution in [2.24, 2.45) is 0 Å². The molecule has 26 heavy (non-hydrogen) atoms. The SMILES string of the molecule is CCCCCCCCN(CCCCCCCC)CC(=O)NC(O)C(=O)O. The summed E-state index contributed by atoms with van der Waals surface area (Å²) in [5.74, 6) is -1.87. The zero-order valence-corrected chi connectivity index (χ0v) is 16.8. The summed E-state index contributed by atoms with van der Waals surface area (Å²) < 4.78 is 0. The van der Waals surface area contributed by atoms with Gasteiger partial charge in [0.05, 0.1) is 6.54 Å². The van der Waals surface area contributed by atoms with Crippen molar-refractivity contribution < 1.29 is 19.8 Å². The van der Waals surface area contributed by atoms with Crippen molar-refractivity contribution in [3.63, 3.8) is 0 Å². The average Bonchev–Trinajstić information content (AvgIpc) is 2.60. The van der Waals surface area contributed by atoms with E-state index in [1.54, 1.807) is 0 Å². The minimum absolute atomic E-state index is 0.147. The minimum Gasteiger partial charge on any atom is -0.478 e. The predicted molar refractivity (Wildman–Crippen MR) is 105 cm³/mol. The molecule has 0 spiro atoms. The van der Waals surface area contributed by atoms with Crippen molar-refractivity contribution in [1.29, 1.82) is 0 Å². The van der Waals surface area contributed by atoms with Gasteiger partial charge in [-0.1, -0.05) is 78.1 Å². The van der Waals surface area contributed by atoms with Crippen LogP contribution in [0.25, 0.3) is 0 Å². The molecule has 3 N–H and O–H groups in total. The largest absolute Gasteiger partial charge is 0.478 e. The van der Waals surface area contributed by atoms with E-state index in [0.29, 0.717) is 0 Å². The van der Waals surface area contributed by atoms with E-state index >= 15 is 0 Å². The molecule has 1 atom stereocenters.